The summed E-state index contributed by atoms with van der Waals surface area (Å²) in [6, 6.07) is 4.75. The van der Waals surface area contributed by atoms with E-state index in [-0.39, 0.29) is 17.3 Å². The van der Waals surface area contributed by atoms with Crippen molar-refractivity contribution < 1.29 is 13.2 Å². The molecule has 0 aliphatic rings. The van der Waals surface area contributed by atoms with Gasteiger partial charge in [-0.25, -0.2) is 4.98 Å². The number of nitrogens with zero attached hydrogens (tertiary/aromatic N) is 4. The van der Waals surface area contributed by atoms with E-state index in [1.165, 1.54) is 24.5 Å². The van der Waals surface area contributed by atoms with Gasteiger partial charge in [-0.05, 0) is 18.2 Å². The van der Waals surface area contributed by atoms with Gasteiger partial charge in [0.25, 0.3) is 11.6 Å². The average Bonchev–Trinajstić information content (AvgIpc) is 2.95. The second-order valence-electron chi connectivity index (χ2n) is 4.42. The normalized spacial score (nSPS) is 11.4. The minimum absolute atomic E-state index is 0.111. The quantitative estimate of drug-likeness (QED) is 0.727. The van der Waals surface area contributed by atoms with Gasteiger partial charge in [-0.2, -0.15) is 13.2 Å². The van der Waals surface area contributed by atoms with Crippen LogP contribution in [0.15, 0.2) is 42.9 Å². The molecule has 1 aromatic carbocycles. The van der Waals surface area contributed by atoms with Gasteiger partial charge in [0.1, 0.15) is 0 Å². The first-order valence-electron chi connectivity index (χ1n) is 6.13. The molecule has 2 aromatic heterocycles. The minimum Gasteiger partial charge on any atom is -0.359 e. The highest BCUT2D eigenvalue weighted by Gasteiger charge is 2.30. The van der Waals surface area contributed by atoms with Crippen LogP contribution in [0.2, 0.25) is 0 Å². The van der Waals surface area contributed by atoms with Crippen molar-refractivity contribution in [3.63, 3.8) is 0 Å². The molecule has 3 aromatic rings. The van der Waals surface area contributed by atoms with E-state index >= 15 is 0 Å². The first-order chi connectivity index (χ1) is 10.5. The van der Waals surface area contributed by atoms with Crippen LogP contribution in [-0.2, 0) is 6.18 Å². The molecular formula is C14H8F3N5. The molecule has 110 valence electrons. The van der Waals surface area contributed by atoms with Crippen LogP contribution in [0.4, 0.5) is 30.5 Å². The lowest BCUT2D eigenvalue weighted by Crippen LogP contribution is -2.05. The summed E-state index contributed by atoms with van der Waals surface area (Å²) in [6.07, 6.45) is 0.212. The van der Waals surface area contributed by atoms with E-state index in [0.29, 0.717) is 5.65 Å². The zero-order valence-electron chi connectivity index (χ0n) is 11.0. The van der Waals surface area contributed by atoms with Gasteiger partial charge >= 0.3 is 6.18 Å². The number of alkyl halides is 3. The number of fused-ring (bicyclic) bond motifs is 1. The summed E-state index contributed by atoms with van der Waals surface area (Å²) in [5.74, 6) is 0.331. The molecule has 0 saturated heterocycles. The Hall–Kier alpha value is -3.08. The summed E-state index contributed by atoms with van der Waals surface area (Å²) in [5, 5.41) is 2.78. The molecule has 2 heterocycles. The Balaban J connectivity index is 2.03. The van der Waals surface area contributed by atoms with E-state index in [1.54, 1.807) is 10.6 Å². The second-order valence-corrected chi connectivity index (χ2v) is 4.42. The molecule has 0 aliphatic heterocycles. The summed E-state index contributed by atoms with van der Waals surface area (Å²) in [4.78, 5) is 11.4. The fraction of sp³-hybridized carbons (Fsp3) is 0.0714. The van der Waals surface area contributed by atoms with Crippen molar-refractivity contribution in [3.05, 3.63) is 59.8 Å². The molecule has 22 heavy (non-hydrogen) atoms. The van der Waals surface area contributed by atoms with E-state index in [9.17, 15) is 13.2 Å². The SMILES string of the molecule is [C-]#[N+]c1cn2ccnc2c(Nc2cccc(C(F)(F)F)c2)n1. The third-order valence-electron chi connectivity index (χ3n) is 2.93. The first-order valence-corrected chi connectivity index (χ1v) is 6.13. The summed E-state index contributed by atoms with van der Waals surface area (Å²) < 4.78 is 39.8. The highest BCUT2D eigenvalue weighted by Crippen LogP contribution is 2.31. The molecule has 1 N–H and O–H groups in total. The molecular weight excluding hydrogens is 295 g/mol. The van der Waals surface area contributed by atoms with Gasteiger partial charge in [0.15, 0.2) is 0 Å². The number of halogens is 3. The van der Waals surface area contributed by atoms with Crippen molar-refractivity contribution in [1.29, 1.82) is 0 Å². The number of benzene rings is 1. The van der Waals surface area contributed by atoms with Crippen LogP contribution in [-0.4, -0.2) is 14.4 Å². The molecule has 0 aliphatic carbocycles. The van der Waals surface area contributed by atoms with Crippen LogP contribution in [0.25, 0.3) is 10.5 Å². The lowest BCUT2D eigenvalue weighted by Gasteiger charge is -2.09. The van der Waals surface area contributed by atoms with Gasteiger partial charge in [0.05, 0.1) is 5.56 Å². The Morgan fingerprint density at radius 1 is 1.27 bits per heavy atom. The number of rotatable bonds is 2. The van der Waals surface area contributed by atoms with Crippen molar-refractivity contribution in [3.8, 4) is 0 Å². The number of imidazole rings is 1. The van der Waals surface area contributed by atoms with Gasteiger partial charge < -0.3 is 14.6 Å². The lowest BCUT2D eigenvalue weighted by molar-refractivity contribution is -0.137. The Bertz CT molecular complexity index is 876. The zero-order valence-corrected chi connectivity index (χ0v) is 11.0. The summed E-state index contributed by atoms with van der Waals surface area (Å²) in [7, 11) is 0. The van der Waals surface area contributed by atoms with Crippen molar-refractivity contribution in [1.82, 2.24) is 14.4 Å². The number of hydrogen-bond donors (Lipinski definition) is 1. The second kappa shape index (κ2) is 5.04. The standard InChI is InChI=1S/C14H8F3N5/c1-18-11-8-22-6-5-19-13(22)12(21-11)20-10-4-2-3-9(7-10)14(15,16)17/h2-8H,(H,20,21). The molecule has 0 spiro atoms. The Morgan fingerprint density at radius 2 is 2.09 bits per heavy atom. The monoisotopic (exact) mass is 303 g/mol. The molecule has 0 fully saturated rings. The van der Waals surface area contributed by atoms with E-state index in [2.05, 4.69) is 20.1 Å². The minimum atomic E-state index is -4.42. The van der Waals surface area contributed by atoms with Crippen molar-refractivity contribution >= 4 is 23.0 Å². The van der Waals surface area contributed by atoms with E-state index in [0.717, 1.165) is 12.1 Å². The van der Waals surface area contributed by atoms with Crippen LogP contribution in [0.1, 0.15) is 5.56 Å². The maximum Gasteiger partial charge on any atom is 0.416 e. The molecule has 0 bridgehead atoms. The fourth-order valence-electron chi connectivity index (χ4n) is 1.97. The molecule has 3 rings (SSSR count). The molecule has 5 nitrogen and oxygen atoms in total. The topological polar surface area (TPSA) is 46.6 Å². The largest absolute Gasteiger partial charge is 0.416 e. The predicted octanol–water partition coefficient (Wildman–Crippen LogP) is 4.04. The van der Waals surface area contributed by atoms with Crippen molar-refractivity contribution in [2.24, 2.45) is 0 Å². The Kier molecular flexibility index (Phi) is 3.18. The summed E-state index contributed by atoms with van der Waals surface area (Å²) in [5.41, 5.74) is -0.127. The van der Waals surface area contributed by atoms with Gasteiger partial charge in [-0.1, -0.05) is 17.6 Å². The van der Waals surface area contributed by atoms with E-state index in [1.807, 2.05) is 0 Å². The van der Waals surface area contributed by atoms with Crippen LogP contribution in [0, 0.1) is 6.57 Å². The van der Waals surface area contributed by atoms with Gasteiger partial charge in [0, 0.05) is 24.3 Å². The maximum atomic E-state index is 12.7. The Labute approximate surface area is 122 Å². The predicted molar refractivity (Wildman–Crippen MR) is 74.0 cm³/mol. The molecule has 0 atom stereocenters. The summed E-state index contributed by atoms with van der Waals surface area (Å²) in [6.45, 7) is 7.02. The van der Waals surface area contributed by atoms with Crippen LogP contribution < -0.4 is 5.32 Å². The van der Waals surface area contributed by atoms with Gasteiger partial charge in [-0.3, -0.25) is 0 Å². The summed E-state index contributed by atoms with van der Waals surface area (Å²) >= 11 is 0. The smallest absolute Gasteiger partial charge is 0.359 e. The Morgan fingerprint density at radius 3 is 2.82 bits per heavy atom. The van der Waals surface area contributed by atoms with E-state index < -0.39 is 11.7 Å². The van der Waals surface area contributed by atoms with Gasteiger partial charge in [0.2, 0.25) is 5.65 Å². The highest BCUT2D eigenvalue weighted by atomic mass is 19.4. The fourth-order valence-corrected chi connectivity index (χ4v) is 1.97. The molecule has 0 saturated carbocycles. The highest BCUT2D eigenvalue weighted by molar-refractivity contribution is 5.72. The lowest BCUT2D eigenvalue weighted by atomic mass is 10.2. The number of aromatic nitrogens is 3. The maximum absolute atomic E-state index is 12.7. The van der Waals surface area contributed by atoms with Crippen LogP contribution in [0.5, 0.6) is 0 Å². The number of nitrogens with one attached hydrogen (secondary N) is 1. The van der Waals surface area contributed by atoms with Crippen molar-refractivity contribution in [2.45, 2.75) is 6.18 Å². The first kappa shape index (κ1) is 13.9. The van der Waals surface area contributed by atoms with E-state index in [4.69, 9.17) is 6.57 Å². The number of hydrogen-bond acceptors (Lipinski definition) is 3. The zero-order chi connectivity index (χ0) is 15.7. The van der Waals surface area contributed by atoms with Gasteiger partial charge in [-0.15, -0.1) is 0 Å². The number of anilines is 2. The molecule has 0 radical (unpaired) electrons. The average molecular weight is 303 g/mol. The third kappa shape index (κ3) is 2.56. The van der Waals surface area contributed by atoms with Crippen LogP contribution >= 0.6 is 0 Å². The molecule has 0 unspecified atom stereocenters. The molecule has 0 amide bonds. The molecule has 8 heteroatoms. The van der Waals surface area contributed by atoms with Crippen molar-refractivity contribution in [2.75, 3.05) is 5.32 Å². The third-order valence-corrected chi connectivity index (χ3v) is 2.93. The van der Waals surface area contributed by atoms with Crippen LogP contribution in [0.3, 0.4) is 0 Å².